The van der Waals surface area contributed by atoms with Crippen molar-refractivity contribution in [2.75, 3.05) is 0 Å². The van der Waals surface area contributed by atoms with Crippen molar-refractivity contribution in [2.24, 2.45) is 0 Å². The van der Waals surface area contributed by atoms with E-state index in [9.17, 15) is 5.11 Å². The third-order valence-corrected chi connectivity index (χ3v) is 2.68. The van der Waals surface area contributed by atoms with Crippen LogP contribution in [0.25, 0.3) is 0 Å². The van der Waals surface area contributed by atoms with E-state index in [4.69, 9.17) is 11.6 Å². The Kier molecular flexibility index (Phi) is 3.22. The van der Waals surface area contributed by atoms with Crippen LogP contribution < -0.4 is 0 Å². The van der Waals surface area contributed by atoms with Crippen LogP contribution in [0.2, 0.25) is 5.15 Å². The molecule has 0 bridgehead atoms. The van der Waals surface area contributed by atoms with Crippen LogP contribution in [0, 0.1) is 6.92 Å². The van der Waals surface area contributed by atoms with E-state index in [0.29, 0.717) is 5.15 Å². The van der Waals surface area contributed by atoms with Crippen molar-refractivity contribution in [3.63, 3.8) is 0 Å². The van der Waals surface area contributed by atoms with Crippen molar-refractivity contribution in [2.45, 2.75) is 13.0 Å². The van der Waals surface area contributed by atoms with Crippen molar-refractivity contribution in [3.8, 4) is 0 Å². The Balaban J connectivity index is 2.28. The molecular formula is C13H12ClNO. The minimum absolute atomic E-state index is 0.430. The Hall–Kier alpha value is -1.38. The van der Waals surface area contributed by atoms with Gasteiger partial charge >= 0.3 is 0 Å². The minimum Gasteiger partial charge on any atom is -0.384 e. The van der Waals surface area contributed by atoms with Crippen molar-refractivity contribution in [1.82, 2.24) is 4.98 Å². The molecule has 2 nitrogen and oxygen atoms in total. The molecule has 1 atom stereocenters. The first-order valence-electron chi connectivity index (χ1n) is 5.03. The molecule has 0 aliphatic heterocycles. The maximum Gasteiger partial charge on any atom is 0.129 e. The van der Waals surface area contributed by atoms with Gasteiger partial charge in [-0.1, -0.05) is 47.5 Å². The smallest absolute Gasteiger partial charge is 0.129 e. The molecule has 0 amide bonds. The number of aliphatic hydroxyl groups excluding tert-OH is 1. The molecule has 16 heavy (non-hydrogen) atoms. The van der Waals surface area contributed by atoms with Gasteiger partial charge in [0.1, 0.15) is 11.3 Å². The SMILES string of the molecule is Cc1ccc(C(O)c2ccc(Cl)nc2)cc1. The first kappa shape index (κ1) is 11.1. The summed E-state index contributed by atoms with van der Waals surface area (Å²) in [6.07, 6.45) is 0.942. The molecule has 1 heterocycles. The number of aromatic nitrogens is 1. The average molecular weight is 234 g/mol. The zero-order valence-electron chi connectivity index (χ0n) is 8.89. The van der Waals surface area contributed by atoms with E-state index in [1.165, 1.54) is 5.56 Å². The van der Waals surface area contributed by atoms with Crippen molar-refractivity contribution < 1.29 is 5.11 Å². The van der Waals surface area contributed by atoms with E-state index in [-0.39, 0.29) is 0 Å². The molecule has 2 rings (SSSR count). The largest absolute Gasteiger partial charge is 0.384 e. The molecule has 2 aromatic rings. The summed E-state index contributed by atoms with van der Waals surface area (Å²) >= 11 is 5.69. The van der Waals surface area contributed by atoms with Crippen LogP contribution in [0.5, 0.6) is 0 Å². The predicted molar refractivity (Wildman–Crippen MR) is 64.5 cm³/mol. The maximum absolute atomic E-state index is 10.1. The molecule has 0 fully saturated rings. The molecule has 0 saturated heterocycles. The molecule has 0 spiro atoms. The van der Waals surface area contributed by atoms with Gasteiger partial charge in [-0.2, -0.15) is 0 Å². The highest BCUT2D eigenvalue weighted by Gasteiger charge is 2.10. The fourth-order valence-corrected chi connectivity index (χ4v) is 1.60. The third kappa shape index (κ3) is 2.40. The van der Waals surface area contributed by atoms with Gasteiger partial charge in [-0.25, -0.2) is 4.98 Å². The zero-order valence-corrected chi connectivity index (χ0v) is 9.65. The first-order valence-corrected chi connectivity index (χ1v) is 5.41. The second-order valence-corrected chi connectivity index (χ2v) is 4.11. The monoisotopic (exact) mass is 233 g/mol. The Morgan fingerprint density at radius 3 is 2.25 bits per heavy atom. The molecular weight excluding hydrogens is 222 g/mol. The molecule has 0 saturated carbocycles. The van der Waals surface area contributed by atoms with Crippen LogP contribution in [0.4, 0.5) is 0 Å². The number of hydrogen-bond donors (Lipinski definition) is 1. The number of rotatable bonds is 2. The van der Waals surface area contributed by atoms with Crippen LogP contribution in [0.1, 0.15) is 22.8 Å². The number of pyridine rings is 1. The van der Waals surface area contributed by atoms with Crippen molar-refractivity contribution >= 4 is 11.6 Å². The van der Waals surface area contributed by atoms with Crippen molar-refractivity contribution in [1.29, 1.82) is 0 Å². The van der Waals surface area contributed by atoms with Crippen LogP contribution in [0.3, 0.4) is 0 Å². The van der Waals surface area contributed by atoms with E-state index in [1.54, 1.807) is 18.3 Å². The van der Waals surface area contributed by atoms with E-state index < -0.39 is 6.10 Å². The molecule has 1 N–H and O–H groups in total. The van der Waals surface area contributed by atoms with Gasteiger partial charge in [-0.3, -0.25) is 0 Å². The Morgan fingerprint density at radius 1 is 1.06 bits per heavy atom. The van der Waals surface area contributed by atoms with Crippen LogP contribution in [-0.2, 0) is 0 Å². The lowest BCUT2D eigenvalue weighted by Gasteiger charge is -2.11. The molecule has 3 heteroatoms. The summed E-state index contributed by atoms with van der Waals surface area (Å²) in [4.78, 5) is 3.95. The number of nitrogens with zero attached hydrogens (tertiary/aromatic N) is 1. The number of aryl methyl sites for hydroxylation is 1. The fourth-order valence-electron chi connectivity index (χ4n) is 1.49. The Morgan fingerprint density at radius 2 is 1.69 bits per heavy atom. The van der Waals surface area contributed by atoms with E-state index >= 15 is 0 Å². The van der Waals surface area contributed by atoms with Crippen LogP contribution in [0.15, 0.2) is 42.6 Å². The number of aliphatic hydroxyl groups is 1. The molecule has 82 valence electrons. The summed E-state index contributed by atoms with van der Waals surface area (Å²) in [5.74, 6) is 0. The van der Waals surface area contributed by atoms with Gasteiger partial charge in [0.2, 0.25) is 0 Å². The lowest BCUT2D eigenvalue weighted by molar-refractivity contribution is 0.220. The predicted octanol–water partition coefficient (Wildman–Crippen LogP) is 3.13. The molecule has 1 unspecified atom stereocenters. The quantitative estimate of drug-likeness (QED) is 0.809. The van der Waals surface area contributed by atoms with Gasteiger partial charge in [0.25, 0.3) is 0 Å². The van der Waals surface area contributed by atoms with E-state index in [0.717, 1.165) is 11.1 Å². The highest BCUT2D eigenvalue weighted by Crippen LogP contribution is 2.22. The Labute approximate surface area is 99.5 Å². The van der Waals surface area contributed by atoms with Gasteiger partial charge in [0, 0.05) is 11.8 Å². The fraction of sp³-hybridized carbons (Fsp3) is 0.154. The summed E-state index contributed by atoms with van der Waals surface area (Å²) < 4.78 is 0. The molecule has 0 aliphatic carbocycles. The highest BCUT2D eigenvalue weighted by molar-refractivity contribution is 6.29. The first-order chi connectivity index (χ1) is 7.66. The van der Waals surface area contributed by atoms with Crippen LogP contribution >= 0.6 is 11.6 Å². The minimum atomic E-state index is -0.648. The lowest BCUT2D eigenvalue weighted by Crippen LogP contribution is -1.99. The summed E-state index contributed by atoms with van der Waals surface area (Å²) in [6.45, 7) is 2.01. The zero-order chi connectivity index (χ0) is 11.5. The molecule has 0 aliphatic rings. The number of hydrogen-bond acceptors (Lipinski definition) is 2. The lowest BCUT2D eigenvalue weighted by atomic mass is 10.0. The Bertz CT molecular complexity index is 419. The van der Waals surface area contributed by atoms with Gasteiger partial charge in [0.15, 0.2) is 0 Å². The molecule has 1 aromatic heterocycles. The van der Waals surface area contributed by atoms with Gasteiger partial charge in [0.05, 0.1) is 0 Å². The van der Waals surface area contributed by atoms with Gasteiger partial charge in [-0.05, 0) is 18.6 Å². The van der Waals surface area contributed by atoms with E-state index in [1.807, 2.05) is 31.2 Å². The number of benzene rings is 1. The standard InChI is InChI=1S/C13H12ClNO/c1-9-2-4-10(5-3-9)13(16)11-6-7-12(14)15-8-11/h2-8,13,16H,1H3. The topological polar surface area (TPSA) is 33.1 Å². The summed E-state index contributed by atoms with van der Waals surface area (Å²) in [6, 6.07) is 11.2. The molecule has 0 radical (unpaired) electrons. The van der Waals surface area contributed by atoms with Crippen molar-refractivity contribution in [3.05, 3.63) is 64.4 Å². The summed E-state index contributed by atoms with van der Waals surface area (Å²) in [5.41, 5.74) is 2.77. The normalized spacial score (nSPS) is 12.4. The van der Waals surface area contributed by atoms with E-state index in [2.05, 4.69) is 4.98 Å². The average Bonchev–Trinajstić information content (AvgIpc) is 2.30. The second-order valence-electron chi connectivity index (χ2n) is 3.73. The summed E-state index contributed by atoms with van der Waals surface area (Å²) in [7, 11) is 0. The maximum atomic E-state index is 10.1. The second kappa shape index (κ2) is 4.64. The number of halogens is 1. The van der Waals surface area contributed by atoms with Crippen LogP contribution in [-0.4, -0.2) is 10.1 Å². The highest BCUT2D eigenvalue weighted by atomic mass is 35.5. The molecule has 1 aromatic carbocycles. The summed E-state index contributed by atoms with van der Waals surface area (Å²) in [5, 5.41) is 10.5. The third-order valence-electron chi connectivity index (χ3n) is 2.46. The van der Waals surface area contributed by atoms with Gasteiger partial charge < -0.3 is 5.11 Å². The van der Waals surface area contributed by atoms with Gasteiger partial charge in [-0.15, -0.1) is 0 Å².